The van der Waals surface area contributed by atoms with Crippen molar-refractivity contribution in [2.45, 2.75) is 19.4 Å². The van der Waals surface area contributed by atoms with Gasteiger partial charge in [-0.05, 0) is 6.42 Å². The van der Waals surface area contributed by atoms with Crippen molar-refractivity contribution in [1.29, 1.82) is 0 Å². The lowest BCUT2D eigenvalue weighted by molar-refractivity contribution is -0.123. The molecule has 0 aromatic carbocycles. The quantitative estimate of drug-likeness (QED) is 0.812. The van der Waals surface area contributed by atoms with Crippen LogP contribution in [0.1, 0.15) is 13.3 Å². The van der Waals surface area contributed by atoms with Gasteiger partial charge in [-0.25, -0.2) is 9.97 Å². The van der Waals surface area contributed by atoms with Crippen LogP contribution < -0.4 is 20.3 Å². The maximum Gasteiger partial charge on any atom is 0.242 e. The maximum atomic E-state index is 11.9. The minimum atomic E-state index is -0.220. The number of rotatable bonds is 4. The van der Waals surface area contributed by atoms with E-state index in [1.54, 1.807) is 14.2 Å². The Morgan fingerprint density at radius 1 is 1.58 bits per heavy atom. The molecule has 104 valence electrons. The van der Waals surface area contributed by atoms with Crippen molar-refractivity contribution in [2.75, 3.05) is 37.5 Å². The molecule has 0 aliphatic carbocycles. The highest BCUT2D eigenvalue weighted by Gasteiger charge is 2.31. The lowest BCUT2D eigenvalue weighted by Gasteiger charge is -2.36. The van der Waals surface area contributed by atoms with E-state index in [2.05, 4.69) is 20.6 Å². The second-order valence-electron chi connectivity index (χ2n) is 4.24. The average Bonchev–Trinajstić information content (AvgIpc) is 2.45. The number of ether oxygens (including phenoxy) is 1. The fourth-order valence-corrected chi connectivity index (χ4v) is 2.31. The molecule has 1 aliphatic heterocycles. The fraction of sp³-hybridized carbons (Fsp3) is 0.583. The summed E-state index contributed by atoms with van der Waals surface area (Å²) in [5.41, 5.74) is 0. The van der Waals surface area contributed by atoms with Gasteiger partial charge >= 0.3 is 0 Å². The Balaban J connectivity index is 2.42. The minimum Gasteiger partial charge on any atom is -0.490 e. The van der Waals surface area contributed by atoms with Crippen LogP contribution >= 0.6 is 0 Å². The molecule has 1 atom stereocenters. The van der Waals surface area contributed by atoms with E-state index in [1.165, 1.54) is 6.33 Å². The zero-order valence-electron chi connectivity index (χ0n) is 11.4. The largest absolute Gasteiger partial charge is 0.490 e. The lowest BCUT2D eigenvalue weighted by Crippen LogP contribution is -2.55. The molecule has 0 bridgehead atoms. The molecule has 1 aliphatic rings. The number of aromatic nitrogens is 2. The van der Waals surface area contributed by atoms with Crippen molar-refractivity contribution >= 4 is 17.5 Å². The Kier molecular flexibility index (Phi) is 4.03. The molecule has 2 rings (SSSR count). The number of nitrogens with zero attached hydrogens (tertiary/aromatic N) is 3. The molecule has 2 heterocycles. The molecular formula is C12H19N5O2. The van der Waals surface area contributed by atoms with Crippen molar-refractivity contribution in [3.63, 3.8) is 0 Å². The number of carbonyl (C=O) groups excluding carboxylic acids is 1. The number of piperazine rings is 1. The molecule has 7 heteroatoms. The molecule has 7 nitrogen and oxygen atoms in total. The summed E-state index contributed by atoms with van der Waals surface area (Å²) in [4.78, 5) is 22.3. The van der Waals surface area contributed by atoms with Crippen molar-refractivity contribution in [2.24, 2.45) is 0 Å². The summed E-state index contributed by atoms with van der Waals surface area (Å²) in [6.07, 6.45) is 2.19. The van der Waals surface area contributed by atoms with Crippen LogP contribution in [0.2, 0.25) is 0 Å². The van der Waals surface area contributed by atoms with Gasteiger partial charge in [0.2, 0.25) is 11.7 Å². The molecule has 0 spiro atoms. The first-order valence-electron chi connectivity index (χ1n) is 6.34. The Hall–Kier alpha value is -2.05. The van der Waals surface area contributed by atoms with Gasteiger partial charge in [-0.3, -0.25) is 4.79 Å². The normalized spacial score (nSPS) is 19.0. The number of hydrogen-bond donors (Lipinski definition) is 2. The third kappa shape index (κ3) is 2.40. The second-order valence-corrected chi connectivity index (χ2v) is 4.24. The van der Waals surface area contributed by atoms with Gasteiger partial charge < -0.3 is 20.3 Å². The number of methoxy groups -OCH3 is 1. The third-order valence-corrected chi connectivity index (χ3v) is 3.22. The van der Waals surface area contributed by atoms with E-state index in [-0.39, 0.29) is 11.9 Å². The van der Waals surface area contributed by atoms with E-state index in [1.807, 2.05) is 11.8 Å². The molecule has 1 aromatic rings. The molecule has 1 fully saturated rings. The molecule has 1 amide bonds. The van der Waals surface area contributed by atoms with E-state index >= 15 is 0 Å². The Bertz CT molecular complexity index is 465. The topological polar surface area (TPSA) is 79.4 Å². The van der Waals surface area contributed by atoms with Gasteiger partial charge in [0.25, 0.3) is 0 Å². The highest BCUT2D eigenvalue weighted by Crippen LogP contribution is 2.33. The van der Waals surface area contributed by atoms with E-state index in [0.29, 0.717) is 36.9 Å². The third-order valence-electron chi connectivity index (χ3n) is 3.22. The van der Waals surface area contributed by atoms with Crippen molar-refractivity contribution < 1.29 is 9.53 Å². The highest BCUT2D eigenvalue weighted by molar-refractivity contribution is 5.87. The second kappa shape index (κ2) is 5.73. The van der Waals surface area contributed by atoms with Crippen LogP contribution in [0.25, 0.3) is 0 Å². The van der Waals surface area contributed by atoms with Crippen LogP contribution in [-0.2, 0) is 4.79 Å². The van der Waals surface area contributed by atoms with Crippen LogP contribution in [0.15, 0.2) is 6.33 Å². The number of carbonyl (C=O) groups is 1. The Morgan fingerprint density at radius 3 is 3.00 bits per heavy atom. The minimum absolute atomic E-state index is 0.0282. The standard InChI is InChI=1S/C12H19N5O2/c1-4-8-12(18)14-5-6-17(8)11-9(19-3)10(13-2)15-7-16-11/h7-8H,4-6H2,1-3H3,(H,14,18)(H,13,15,16). The molecule has 1 saturated heterocycles. The number of nitrogens with one attached hydrogen (secondary N) is 2. The van der Waals surface area contributed by atoms with Crippen molar-refractivity contribution in [1.82, 2.24) is 15.3 Å². The van der Waals surface area contributed by atoms with Crippen LogP contribution in [0.4, 0.5) is 11.6 Å². The highest BCUT2D eigenvalue weighted by atomic mass is 16.5. The SMILES string of the molecule is CCC1C(=O)NCCN1c1ncnc(NC)c1OC. The van der Waals surface area contributed by atoms with Gasteiger partial charge in [-0.15, -0.1) is 0 Å². The fourth-order valence-electron chi connectivity index (χ4n) is 2.31. The maximum absolute atomic E-state index is 11.9. The summed E-state index contributed by atoms with van der Waals surface area (Å²) in [5.74, 6) is 1.87. The van der Waals surface area contributed by atoms with Gasteiger partial charge in [0, 0.05) is 20.1 Å². The predicted molar refractivity (Wildman–Crippen MR) is 72.6 cm³/mol. The van der Waals surface area contributed by atoms with Crippen LogP contribution in [0.3, 0.4) is 0 Å². The van der Waals surface area contributed by atoms with Crippen LogP contribution in [0.5, 0.6) is 5.75 Å². The lowest BCUT2D eigenvalue weighted by atomic mass is 10.1. The zero-order valence-corrected chi connectivity index (χ0v) is 11.4. The molecule has 0 saturated carbocycles. The number of anilines is 2. The van der Waals surface area contributed by atoms with E-state index < -0.39 is 0 Å². The van der Waals surface area contributed by atoms with E-state index in [9.17, 15) is 4.79 Å². The summed E-state index contributed by atoms with van der Waals surface area (Å²) < 4.78 is 5.39. The van der Waals surface area contributed by atoms with Crippen LogP contribution in [-0.4, -0.2) is 49.2 Å². The smallest absolute Gasteiger partial charge is 0.242 e. The number of hydrogen-bond acceptors (Lipinski definition) is 6. The molecule has 1 aromatic heterocycles. The molecule has 1 unspecified atom stereocenters. The van der Waals surface area contributed by atoms with E-state index in [4.69, 9.17) is 4.74 Å². The molecule has 2 N–H and O–H groups in total. The average molecular weight is 265 g/mol. The van der Waals surface area contributed by atoms with Gasteiger partial charge in [-0.2, -0.15) is 0 Å². The summed E-state index contributed by atoms with van der Waals surface area (Å²) in [5, 5.41) is 5.84. The monoisotopic (exact) mass is 265 g/mol. The molecular weight excluding hydrogens is 246 g/mol. The Morgan fingerprint density at radius 2 is 2.37 bits per heavy atom. The van der Waals surface area contributed by atoms with Crippen molar-refractivity contribution in [3.05, 3.63) is 6.33 Å². The first kappa shape index (κ1) is 13.4. The van der Waals surface area contributed by atoms with Crippen LogP contribution in [0, 0.1) is 0 Å². The molecule has 0 radical (unpaired) electrons. The molecule has 19 heavy (non-hydrogen) atoms. The predicted octanol–water partition coefficient (Wildman–Crippen LogP) is 0.242. The zero-order chi connectivity index (χ0) is 13.8. The summed E-state index contributed by atoms with van der Waals surface area (Å²) in [6.45, 7) is 3.30. The summed E-state index contributed by atoms with van der Waals surface area (Å²) in [6, 6.07) is -0.220. The summed E-state index contributed by atoms with van der Waals surface area (Å²) >= 11 is 0. The van der Waals surface area contributed by atoms with E-state index in [0.717, 1.165) is 0 Å². The van der Waals surface area contributed by atoms with Gasteiger partial charge in [0.05, 0.1) is 7.11 Å². The van der Waals surface area contributed by atoms with Gasteiger partial charge in [0.1, 0.15) is 12.4 Å². The Labute approximate surface area is 112 Å². The summed E-state index contributed by atoms with van der Waals surface area (Å²) in [7, 11) is 3.35. The first-order valence-corrected chi connectivity index (χ1v) is 6.34. The van der Waals surface area contributed by atoms with Crippen molar-refractivity contribution in [3.8, 4) is 5.75 Å². The first-order chi connectivity index (χ1) is 9.22. The number of amides is 1. The van der Waals surface area contributed by atoms with Gasteiger partial charge in [-0.1, -0.05) is 6.92 Å². The van der Waals surface area contributed by atoms with Gasteiger partial charge in [0.15, 0.2) is 11.6 Å².